The lowest BCUT2D eigenvalue weighted by atomic mass is 10.1. The molecule has 2 aliphatic rings. The number of nitrogens with one attached hydrogen (secondary N) is 1. The number of β-amino-alcohol motifs (C(OH)–C–C–N with tert-alkyl or cyclic N) is 1. The molecule has 8 nitrogen and oxygen atoms in total. The molecule has 1 aromatic carbocycles. The maximum atomic E-state index is 13.3. The number of rotatable bonds is 7. The van der Waals surface area contributed by atoms with Gasteiger partial charge in [0.1, 0.15) is 12.1 Å². The molecule has 2 aromatic rings. The molecule has 3 atom stereocenters. The van der Waals surface area contributed by atoms with Crippen LogP contribution < -0.4 is 5.32 Å². The van der Waals surface area contributed by atoms with Crippen LogP contribution in [-0.4, -0.2) is 68.9 Å². The van der Waals surface area contributed by atoms with Gasteiger partial charge >= 0.3 is 0 Å². The lowest BCUT2D eigenvalue weighted by Crippen LogP contribution is -2.52. The second kappa shape index (κ2) is 10.7. The van der Waals surface area contributed by atoms with Gasteiger partial charge in [-0.25, -0.2) is 4.98 Å². The van der Waals surface area contributed by atoms with Crippen molar-refractivity contribution in [3.63, 3.8) is 0 Å². The molecular formula is C25H32N4O4S. The molecule has 3 heterocycles. The highest BCUT2D eigenvalue weighted by atomic mass is 32.1. The summed E-state index contributed by atoms with van der Waals surface area (Å²) in [6.07, 6.45) is 1.97. The van der Waals surface area contributed by atoms with E-state index >= 15 is 0 Å². The number of thiazole rings is 1. The summed E-state index contributed by atoms with van der Waals surface area (Å²) < 4.78 is 0. The number of aliphatic hydroxyl groups is 1. The van der Waals surface area contributed by atoms with Crippen LogP contribution >= 0.6 is 11.3 Å². The van der Waals surface area contributed by atoms with Crippen LogP contribution in [0.15, 0.2) is 29.8 Å². The number of benzene rings is 1. The molecule has 0 aliphatic carbocycles. The van der Waals surface area contributed by atoms with Gasteiger partial charge in [-0.1, -0.05) is 31.2 Å². The topological polar surface area (TPSA) is 103 Å². The van der Waals surface area contributed by atoms with Gasteiger partial charge in [0.2, 0.25) is 17.7 Å². The summed E-state index contributed by atoms with van der Waals surface area (Å²) >= 11 is 1.59. The van der Waals surface area contributed by atoms with Crippen molar-refractivity contribution in [3.8, 4) is 10.4 Å². The Morgan fingerprint density at radius 2 is 1.94 bits per heavy atom. The van der Waals surface area contributed by atoms with Crippen LogP contribution in [0.2, 0.25) is 0 Å². The number of hydrogen-bond acceptors (Lipinski definition) is 6. The number of carbonyl (C=O) groups excluding carboxylic acids is 3. The Morgan fingerprint density at radius 1 is 1.18 bits per heavy atom. The Balaban J connectivity index is 1.38. The minimum absolute atomic E-state index is 0.0175. The Morgan fingerprint density at radius 3 is 2.62 bits per heavy atom. The third kappa shape index (κ3) is 5.15. The van der Waals surface area contributed by atoms with Crippen molar-refractivity contribution in [2.24, 2.45) is 0 Å². The Kier molecular flexibility index (Phi) is 7.63. The molecule has 0 bridgehead atoms. The molecule has 1 aromatic heterocycles. The van der Waals surface area contributed by atoms with Crippen LogP contribution in [0.25, 0.3) is 10.4 Å². The summed E-state index contributed by atoms with van der Waals surface area (Å²) in [5, 5.41) is 13.2. The largest absolute Gasteiger partial charge is 0.391 e. The number of hydrogen-bond donors (Lipinski definition) is 2. The van der Waals surface area contributed by atoms with Gasteiger partial charge in [-0.2, -0.15) is 0 Å². The molecule has 0 saturated carbocycles. The van der Waals surface area contributed by atoms with E-state index in [2.05, 4.69) is 10.3 Å². The molecule has 2 saturated heterocycles. The molecule has 34 heavy (non-hydrogen) atoms. The molecule has 0 radical (unpaired) electrons. The van der Waals surface area contributed by atoms with Gasteiger partial charge in [0.05, 0.1) is 22.2 Å². The number of likely N-dealkylation sites (tertiary alicyclic amines) is 2. The first-order valence-electron chi connectivity index (χ1n) is 11.9. The van der Waals surface area contributed by atoms with Crippen molar-refractivity contribution < 1.29 is 19.5 Å². The minimum atomic E-state index is -0.747. The summed E-state index contributed by atoms with van der Waals surface area (Å²) in [5.41, 5.74) is 4.85. The van der Waals surface area contributed by atoms with Crippen molar-refractivity contribution in [2.75, 3.05) is 13.1 Å². The predicted molar refractivity (Wildman–Crippen MR) is 130 cm³/mol. The highest BCUT2D eigenvalue weighted by Gasteiger charge is 2.44. The normalized spacial score (nSPS) is 22.3. The summed E-state index contributed by atoms with van der Waals surface area (Å²) in [6, 6.07) is 6.69. The van der Waals surface area contributed by atoms with Gasteiger partial charge in [-0.3, -0.25) is 14.4 Å². The third-order valence-corrected chi connectivity index (χ3v) is 7.59. The van der Waals surface area contributed by atoms with Crippen molar-refractivity contribution >= 4 is 29.1 Å². The molecule has 3 unspecified atom stereocenters. The molecule has 3 amide bonds. The van der Waals surface area contributed by atoms with Crippen LogP contribution in [0, 0.1) is 6.92 Å². The molecule has 9 heteroatoms. The summed E-state index contributed by atoms with van der Waals surface area (Å²) in [5.74, 6) is -0.532. The smallest absolute Gasteiger partial charge is 0.246 e. The van der Waals surface area contributed by atoms with E-state index in [1.807, 2.05) is 43.6 Å². The van der Waals surface area contributed by atoms with E-state index in [0.29, 0.717) is 25.9 Å². The van der Waals surface area contributed by atoms with E-state index in [-0.39, 0.29) is 30.7 Å². The van der Waals surface area contributed by atoms with E-state index < -0.39 is 18.2 Å². The Hall–Kier alpha value is -2.78. The average molecular weight is 485 g/mol. The predicted octanol–water partition coefficient (Wildman–Crippen LogP) is 2.49. The summed E-state index contributed by atoms with van der Waals surface area (Å²) in [7, 11) is 0. The minimum Gasteiger partial charge on any atom is -0.391 e. The van der Waals surface area contributed by atoms with Crippen LogP contribution in [0.1, 0.15) is 50.3 Å². The van der Waals surface area contributed by atoms with E-state index in [9.17, 15) is 19.5 Å². The van der Waals surface area contributed by atoms with Gasteiger partial charge in [0.15, 0.2) is 0 Å². The van der Waals surface area contributed by atoms with Crippen LogP contribution in [0.4, 0.5) is 0 Å². The monoisotopic (exact) mass is 484 g/mol. The SMILES string of the molecule is CCCC(=O)N1CCCC1C(=O)N1CC(O)CC1C(=O)NCc1ccc(-c2scnc2C)cc1. The fourth-order valence-electron chi connectivity index (χ4n) is 4.84. The van der Waals surface area contributed by atoms with Crippen LogP contribution in [0.3, 0.4) is 0 Å². The number of carbonyl (C=O) groups is 3. The van der Waals surface area contributed by atoms with E-state index in [1.165, 1.54) is 4.90 Å². The van der Waals surface area contributed by atoms with E-state index in [4.69, 9.17) is 0 Å². The number of aliphatic hydroxyl groups excluding tert-OH is 1. The highest BCUT2D eigenvalue weighted by Crippen LogP contribution is 2.28. The molecule has 182 valence electrons. The van der Waals surface area contributed by atoms with Crippen molar-refractivity contribution in [1.82, 2.24) is 20.1 Å². The molecule has 0 spiro atoms. The quantitative estimate of drug-likeness (QED) is 0.629. The second-order valence-corrected chi connectivity index (χ2v) is 9.93. The Bertz CT molecular complexity index is 1040. The fourth-order valence-corrected chi connectivity index (χ4v) is 5.65. The maximum absolute atomic E-state index is 13.3. The zero-order valence-electron chi connectivity index (χ0n) is 19.7. The zero-order valence-corrected chi connectivity index (χ0v) is 20.5. The number of aryl methyl sites for hydroxylation is 1. The average Bonchev–Trinajstić information content (AvgIpc) is 3.57. The van der Waals surface area contributed by atoms with Gasteiger partial charge in [-0.15, -0.1) is 11.3 Å². The standard InChI is InChI=1S/C25H32N4O4S/c1-3-5-22(31)28-11-4-6-20(28)25(33)29-14-19(30)12-21(29)24(32)26-13-17-7-9-18(10-8-17)23-16(2)27-15-34-23/h7-10,15,19-21,30H,3-6,11-14H2,1-2H3,(H,26,32). The van der Waals surface area contributed by atoms with Crippen molar-refractivity contribution in [3.05, 3.63) is 41.0 Å². The highest BCUT2D eigenvalue weighted by molar-refractivity contribution is 7.13. The summed E-state index contributed by atoms with van der Waals surface area (Å²) in [4.78, 5) is 47.3. The number of aromatic nitrogens is 1. The molecule has 2 N–H and O–H groups in total. The molecule has 2 aliphatic heterocycles. The zero-order chi connectivity index (χ0) is 24.2. The van der Waals surface area contributed by atoms with Gasteiger partial charge in [-0.05, 0) is 37.3 Å². The lowest BCUT2D eigenvalue weighted by molar-refractivity contribution is -0.146. The molecule has 2 fully saturated rings. The first kappa shape index (κ1) is 24.3. The van der Waals surface area contributed by atoms with Gasteiger partial charge < -0.3 is 20.2 Å². The fraction of sp³-hybridized carbons (Fsp3) is 0.520. The molecule has 4 rings (SSSR count). The van der Waals surface area contributed by atoms with Gasteiger partial charge in [0.25, 0.3) is 0 Å². The first-order valence-corrected chi connectivity index (χ1v) is 12.8. The number of nitrogens with zero attached hydrogens (tertiary/aromatic N) is 3. The molecular weight excluding hydrogens is 452 g/mol. The van der Waals surface area contributed by atoms with Crippen molar-refractivity contribution in [1.29, 1.82) is 0 Å². The third-order valence-electron chi connectivity index (χ3n) is 6.62. The summed E-state index contributed by atoms with van der Waals surface area (Å²) in [6.45, 7) is 4.94. The Labute approximate surface area is 204 Å². The van der Waals surface area contributed by atoms with Crippen molar-refractivity contribution in [2.45, 2.75) is 70.7 Å². The van der Waals surface area contributed by atoms with E-state index in [1.54, 1.807) is 16.2 Å². The first-order chi connectivity index (χ1) is 16.4. The number of amides is 3. The second-order valence-electron chi connectivity index (χ2n) is 9.07. The van der Waals surface area contributed by atoms with Crippen LogP contribution in [0.5, 0.6) is 0 Å². The van der Waals surface area contributed by atoms with Crippen LogP contribution in [-0.2, 0) is 20.9 Å². The van der Waals surface area contributed by atoms with Gasteiger partial charge in [0, 0.05) is 32.5 Å². The lowest BCUT2D eigenvalue weighted by Gasteiger charge is -2.31. The maximum Gasteiger partial charge on any atom is 0.246 e. The van der Waals surface area contributed by atoms with E-state index in [0.717, 1.165) is 34.5 Å².